The molecular formula is C25H26F3N5O3S. The molecule has 37 heavy (non-hydrogen) atoms. The van der Waals surface area contributed by atoms with Crippen LogP contribution >= 0.6 is 11.3 Å². The number of hydrogen-bond donors (Lipinski definition) is 1. The van der Waals surface area contributed by atoms with Gasteiger partial charge in [-0.2, -0.15) is 0 Å². The van der Waals surface area contributed by atoms with Gasteiger partial charge in [0.15, 0.2) is 5.75 Å². The molecule has 1 saturated heterocycles. The van der Waals surface area contributed by atoms with Crippen molar-refractivity contribution in [2.75, 3.05) is 50.1 Å². The van der Waals surface area contributed by atoms with Gasteiger partial charge < -0.3 is 24.6 Å². The zero-order valence-corrected chi connectivity index (χ0v) is 21.2. The molecule has 196 valence electrons. The molecule has 1 N–H and O–H groups in total. The Kier molecular flexibility index (Phi) is 6.95. The molecule has 0 amide bonds. The van der Waals surface area contributed by atoms with Crippen molar-refractivity contribution in [2.24, 2.45) is 0 Å². The third-order valence-electron chi connectivity index (χ3n) is 6.42. The van der Waals surface area contributed by atoms with Crippen LogP contribution in [0, 0.1) is 0 Å². The van der Waals surface area contributed by atoms with Crippen LogP contribution < -0.4 is 15.0 Å². The average molecular weight is 534 g/mol. The lowest BCUT2D eigenvalue weighted by molar-refractivity contribution is -0.274. The number of fused-ring (bicyclic) bond motifs is 3. The number of aryl methyl sites for hydroxylation is 1. The summed E-state index contributed by atoms with van der Waals surface area (Å²) in [5.74, 6) is -0.593. The highest BCUT2D eigenvalue weighted by Crippen LogP contribution is 2.40. The van der Waals surface area contributed by atoms with Gasteiger partial charge in [0.2, 0.25) is 5.95 Å². The molecule has 2 aromatic heterocycles. The normalized spacial score (nSPS) is 15.6. The maximum atomic E-state index is 13.1. The molecule has 12 heteroatoms. The van der Waals surface area contributed by atoms with E-state index in [0.29, 0.717) is 23.4 Å². The van der Waals surface area contributed by atoms with E-state index in [-0.39, 0.29) is 30.0 Å². The molecule has 0 radical (unpaired) electrons. The number of rotatable bonds is 6. The lowest BCUT2D eigenvalue weighted by atomic mass is 9.91. The minimum absolute atomic E-state index is 0.113. The zero-order chi connectivity index (χ0) is 26.2. The van der Waals surface area contributed by atoms with Crippen LogP contribution in [0.4, 0.5) is 30.5 Å². The molecule has 0 spiro atoms. The van der Waals surface area contributed by atoms with E-state index in [1.54, 1.807) is 25.3 Å². The van der Waals surface area contributed by atoms with Crippen molar-refractivity contribution in [3.63, 3.8) is 0 Å². The molecule has 0 atom stereocenters. The van der Waals surface area contributed by atoms with Crippen molar-refractivity contribution in [1.29, 1.82) is 0 Å². The summed E-state index contributed by atoms with van der Waals surface area (Å²) < 4.78 is 48.9. The van der Waals surface area contributed by atoms with Crippen molar-refractivity contribution in [3.05, 3.63) is 45.8 Å². The minimum atomic E-state index is -4.85. The second-order valence-electron chi connectivity index (χ2n) is 8.89. The van der Waals surface area contributed by atoms with E-state index in [0.717, 1.165) is 48.6 Å². The van der Waals surface area contributed by atoms with Gasteiger partial charge >= 0.3 is 12.3 Å². The largest absolute Gasteiger partial charge is 0.573 e. The number of carbonyl (C=O) groups excluding carboxylic acids is 1. The third kappa shape index (κ3) is 5.49. The Morgan fingerprint density at radius 2 is 1.97 bits per heavy atom. The first-order valence-electron chi connectivity index (χ1n) is 12.0. The van der Waals surface area contributed by atoms with E-state index in [2.05, 4.69) is 29.8 Å². The van der Waals surface area contributed by atoms with Crippen molar-refractivity contribution in [2.45, 2.75) is 26.1 Å². The highest BCUT2D eigenvalue weighted by Gasteiger charge is 2.33. The first-order valence-corrected chi connectivity index (χ1v) is 12.8. The number of benzene rings is 1. The molecule has 3 aromatic rings. The molecule has 2 aliphatic rings. The lowest BCUT2D eigenvalue weighted by Crippen LogP contribution is -2.44. The van der Waals surface area contributed by atoms with Gasteiger partial charge in [0.25, 0.3) is 0 Å². The molecule has 3 heterocycles. The third-order valence-corrected chi connectivity index (χ3v) is 7.42. The second kappa shape index (κ2) is 10.2. The molecular weight excluding hydrogens is 507 g/mol. The van der Waals surface area contributed by atoms with Gasteiger partial charge in [0, 0.05) is 49.0 Å². The summed E-state index contributed by atoms with van der Waals surface area (Å²) in [5.41, 5.74) is 4.14. The van der Waals surface area contributed by atoms with Crippen LogP contribution in [0.15, 0.2) is 29.8 Å². The quantitative estimate of drug-likeness (QED) is 0.450. The number of hydrogen-bond acceptors (Lipinski definition) is 9. The van der Waals surface area contributed by atoms with Crippen molar-refractivity contribution in [1.82, 2.24) is 14.9 Å². The number of piperazine rings is 1. The molecule has 0 unspecified atom stereocenters. The number of aromatic nitrogens is 2. The smallest absolute Gasteiger partial charge is 0.462 e. The van der Waals surface area contributed by atoms with Crippen molar-refractivity contribution < 1.29 is 27.4 Å². The molecule has 1 aliphatic heterocycles. The molecule has 1 fully saturated rings. The van der Waals surface area contributed by atoms with E-state index in [1.165, 1.54) is 17.4 Å². The number of carbonyl (C=O) groups is 1. The van der Waals surface area contributed by atoms with Crippen LogP contribution in [0.5, 0.6) is 5.75 Å². The van der Waals surface area contributed by atoms with Crippen LogP contribution in [0.2, 0.25) is 0 Å². The van der Waals surface area contributed by atoms with E-state index < -0.39 is 6.36 Å². The fourth-order valence-electron chi connectivity index (χ4n) is 4.55. The summed E-state index contributed by atoms with van der Waals surface area (Å²) in [6.45, 7) is 5.27. The maximum Gasteiger partial charge on any atom is 0.573 e. The standard InChI is InChI=1S/C25H26F3N5O3S/c1-3-35-23(34)22-17-6-4-15-13-29-24(31-21(15)18(17)14-37-22)30-19-12-16(33-10-8-32(2)9-11-33)5-7-20(19)36-25(26,27)28/h5,7,12-14H,3-4,6,8-11H2,1-2H3,(H,29,30,31). The number of halogens is 3. The summed E-state index contributed by atoms with van der Waals surface area (Å²) in [6.07, 6.45) is -1.87. The van der Waals surface area contributed by atoms with Crippen molar-refractivity contribution in [3.8, 4) is 17.0 Å². The Balaban J connectivity index is 1.47. The van der Waals surface area contributed by atoms with Crippen molar-refractivity contribution >= 4 is 34.6 Å². The van der Waals surface area contributed by atoms with Crippen LogP contribution in [0.3, 0.4) is 0 Å². The number of esters is 1. The zero-order valence-electron chi connectivity index (χ0n) is 20.4. The highest BCUT2D eigenvalue weighted by molar-refractivity contribution is 7.12. The highest BCUT2D eigenvalue weighted by atomic mass is 32.1. The Labute approximate surface area is 216 Å². The number of anilines is 3. The molecule has 1 aliphatic carbocycles. The first kappa shape index (κ1) is 25.3. The minimum Gasteiger partial charge on any atom is -0.462 e. The van der Waals surface area contributed by atoms with Crippen LogP contribution in [-0.4, -0.2) is 67.0 Å². The number of ether oxygens (including phenoxy) is 2. The number of alkyl halides is 3. The van der Waals surface area contributed by atoms with Gasteiger partial charge in [-0.25, -0.2) is 14.8 Å². The van der Waals surface area contributed by atoms with Gasteiger partial charge in [0.05, 0.1) is 18.0 Å². The molecule has 5 rings (SSSR count). The summed E-state index contributed by atoms with van der Waals surface area (Å²) in [7, 11) is 2.03. The average Bonchev–Trinajstić information content (AvgIpc) is 3.30. The maximum absolute atomic E-state index is 13.1. The Morgan fingerprint density at radius 1 is 1.19 bits per heavy atom. The number of thiophene rings is 1. The lowest BCUT2D eigenvalue weighted by Gasteiger charge is -2.34. The van der Waals surface area contributed by atoms with E-state index in [9.17, 15) is 18.0 Å². The summed E-state index contributed by atoms with van der Waals surface area (Å²) >= 11 is 1.30. The molecule has 0 saturated carbocycles. The predicted octanol–water partition coefficient (Wildman–Crippen LogP) is 4.87. The topological polar surface area (TPSA) is 79.8 Å². The van der Waals surface area contributed by atoms with Crippen LogP contribution in [0.25, 0.3) is 11.3 Å². The number of likely N-dealkylation sites (N-methyl/N-ethyl adjacent to an activating group) is 1. The van der Waals surface area contributed by atoms with Gasteiger partial charge in [0.1, 0.15) is 4.88 Å². The van der Waals surface area contributed by atoms with Gasteiger partial charge in [-0.1, -0.05) is 0 Å². The van der Waals surface area contributed by atoms with E-state index >= 15 is 0 Å². The Morgan fingerprint density at radius 3 is 2.70 bits per heavy atom. The Hall–Kier alpha value is -3.38. The SMILES string of the molecule is CCOC(=O)c1scc2c1CCc1cnc(Nc3cc(N4CCN(C)CC4)ccc3OC(F)(F)F)nc1-2. The van der Waals surface area contributed by atoms with Gasteiger partial charge in [-0.3, -0.25) is 0 Å². The van der Waals surface area contributed by atoms with Gasteiger partial charge in [-0.05, 0) is 56.1 Å². The predicted molar refractivity (Wildman–Crippen MR) is 135 cm³/mol. The second-order valence-corrected chi connectivity index (χ2v) is 9.77. The fraction of sp³-hybridized carbons (Fsp3) is 0.400. The number of nitrogens with zero attached hydrogens (tertiary/aromatic N) is 4. The summed E-state index contributed by atoms with van der Waals surface area (Å²) in [4.78, 5) is 26.2. The van der Waals surface area contributed by atoms with E-state index in [4.69, 9.17) is 4.74 Å². The van der Waals surface area contributed by atoms with E-state index in [1.807, 2.05) is 12.4 Å². The summed E-state index contributed by atoms with van der Waals surface area (Å²) in [6, 6.07) is 4.56. The molecule has 8 nitrogen and oxygen atoms in total. The summed E-state index contributed by atoms with van der Waals surface area (Å²) in [5, 5.41) is 4.81. The Bertz CT molecular complexity index is 1310. The number of nitrogens with one attached hydrogen (secondary N) is 1. The monoisotopic (exact) mass is 533 g/mol. The fourth-order valence-corrected chi connectivity index (χ4v) is 5.55. The first-order chi connectivity index (χ1) is 17.7. The van der Waals surface area contributed by atoms with Gasteiger partial charge in [-0.15, -0.1) is 24.5 Å². The van der Waals surface area contributed by atoms with Crippen LogP contribution in [-0.2, 0) is 17.6 Å². The molecule has 0 bridgehead atoms. The molecule has 1 aromatic carbocycles. The van der Waals surface area contributed by atoms with Crippen LogP contribution in [0.1, 0.15) is 27.7 Å².